The number of methoxy groups -OCH3 is 1. The zero-order chi connectivity index (χ0) is 22.5. The van der Waals surface area contributed by atoms with Crippen LogP contribution in [0.25, 0.3) is 33.3 Å². The molecular weight excluding hydrogens is 404 g/mol. The summed E-state index contributed by atoms with van der Waals surface area (Å²) in [6, 6.07) is 9.62. The van der Waals surface area contributed by atoms with E-state index in [0.717, 1.165) is 33.3 Å². The molecule has 32 heavy (non-hydrogen) atoms. The second-order valence-electron chi connectivity index (χ2n) is 7.49. The maximum atomic E-state index is 12.1. The molecule has 0 fully saturated rings. The second kappa shape index (κ2) is 9.40. The molecule has 4 aromatic rings. The lowest BCUT2D eigenvalue weighted by Crippen LogP contribution is -2.13. The normalized spacial score (nSPS) is 11.4. The van der Waals surface area contributed by atoms with Crippen molar-refractivity contribution in [3.63, 3.8) is 0 Å². The Morgan fingerprint density at radius 1 is 1.09 bits per heavy atom. The third kappa shape index (κ3) is 4.81. The predicted octanol–water partition coefficient (Wildman–Crippen LogP) is 3.75. The van der Waals surface area contributed by atoms with Gasteiger partial charge in [-0.25, -0.2) is 15.0 Å². The Kier molecular flexibility index (Phi) is 6.23. The number of hydrogen-bond acceptors (Lipinski definition) is 6. The standard InChI is InChI=1S/C24H24N6O2/c1-30(2)10-4-5-22(31)29-21-12-16(6-8-25-21)18-11-19-20(15-28-24(19)27-14-18)17-7-9-26-23(13-17)32-3/h4-9,11-15H,10H2,1-3H3,(H,27,28)(H,25,29,31)/b5-4+. The van der Waals surface area contributed by atoms with Gasteiger partial charge in [0.05, 0.1) is 7.11 Å². The van der Waals surface area contributed by atoms with Crippen molar-refractivity contribution in [2.45, 2.75) is 0 Å². The maximum absolute atomic E-state index is 12.1. The number of ether oxygens (including phenoxy) is 1. The van der Waals surface area contributed by atoms with Crippen molar-refractivity contribution in [3.05, 3.63) is 67.3 Å². The van der Waals surface area contributed by atoms with Crippen molar-refractivity contribution in [2.75, 3.05) is 33.1 Å². The molecule has 1 amide bonds. The highest BCUT2D eigenvalue weighted by atomic mass is 16.5. The molecule has 0 radical (unpaired) electrons. The third-order valence-corrected chi connectivity index (χ3v) is 4.87. The minimum atomic E-state index is -0.218. The van der Waals surface area contributed by atoms with Gasteiger partial charge in [0.15, 0.2) is 0 Å². The Labute approximate surface area is 186 Å². The largest absolute Gasteiger partial charge is 0.481 e. The van der Waals surface area contributed by atoms with Gasteiger partial charge >= 0.3 is 0 Å². The van der Waals surface area contributed by atoms with Crippen LogP contribution < -0.4 is 10.1 Å². The second-order valence-corrected chi connectivity index (χ2v) is 7.49. The summed E-state index contributed by atoms with van der Waals surface area (Å²) in [6.45, 7) is 0.689. The van der Waals surface area contributed by atoms with Gasteiger partial charge in [-0.3, -0.25) is 4.79 Å². The zero-order valence-electron chi connectivity index (χ0n) is 18.2. The van der Waals surface area contributed by atoms with Crippen LogP contribution in [0.15, 0.2) is 67.3 Å². The van der Waals surface area contributed by atoms with Crippen LogP contribution in [-0.2, 0) is 4.79 Å². The molecule has 0 aliphatic carbocycles. The number of carbonyl (C=O) groups excluding carboxylic acids is 1. The summed E-state index contributed by atoms with van der Waals surface area (Å²) < 4.78 is 5.25. The number of nitrogens with zero attached hydrogens (tertiary/aromatic N) is 4. The van der Waals surface area contributed by atoms with Gasteiger partial charge in [-0.2, -0.15) is 0 Å². The number of aromatic amines is 1. The first-order chi connectivity index (χ1) is 15.5. The van der Waals surface area contributed by atoms with Gasteiger partial charge in [-0.1, -0.05) is 6.08 Å². The number of hydrogen-bond donors (Lipinski definition) is 2. The molecule has 0 saturated heterocycles. The van der Waals surface area contributed by atoms with E-state index in [1.807, 2.05) is 49.5 Å². The molecule has 4 rings (SSSR count). The van der Waals surface area contributed by atoms with Crippen LogP contribution in [0.4, 0.5) is 5.82 Å². The van der Waals surface area contributed by atoms with Gasteiger partial charge in [0.1, 0.15) is 11.5 Å². The van der Waals surface area contributed by atoms with Gasteiger partial charge in [-0.15, -0.1) is 0 Å². The summed E-state index contributed by atoms with van der Waals surface area (Å²) in [5.74, 6) is 0.815. The van der Waals surface area contributed by atoms with Crippen molar-refractivity contribution in [3.8, 4) is 28.1 Å². The van der Waals surface area contributed by atoms with Crippen molar-refractivity contribution in [1.82, 2.24) is 24.8 Å². The number of amides is 1. The molecule has 0 spiro atoms. The fourth-order valence-electron chi connectivity index (χ4n) is 3.31. The van der Waals surface area contributed by atoms with Gasteiger partial charge in [0, 0.05) is 60.0 Å². The molecule has 2 N–H and O–H groups in total. The summed E-state index contributed by atoms with van der Waals surface area (Å²) >= 11 is 0. The smallest absolute Gasteiger partial charge is 0.249 e. The average molecular weight is 428 g/mol. The first kappa shape index (κ1) is 21.2. The lowest BCUT2D eigenvalue weighted by molar-refractivity contribution is -0.111. The summed E-state index contributed by atoms with van der Waals surface area (Å²) in [6.07, 6.45) is 10.4. The molecule has 8 heteroatoms. The van der Waals surface area contributed by atoms with E-state index in [1.165, 1.54) is 6.08 Å². The Balaban J connectivity index is 1.62. The molecule has 0 saturated carbocycles. The minimum Gasteiger partial charge on any atom is -0.481 e. The topological polar surface area (TPSA) is 96.0 Å². The summed E-state index contributed by atoms with van der Waals surface area (Å²) in [5, 5.41) is 3.78. The number of rotatable bonds is 7. The molecule has 8 nitrogen and oxygen atoms in total. The first-order valence-electron chi connectivity index (χ1n) is 10.1. The van der Waals surface area contributed by atoms with E-state index in [0.29, 0.717) is 18.2 Å². The molecule has 0 bridgehead atoms. The predicted molar refractivity (Wildman–Crippen MR) is 125 cm³/mol. The van der Waals surface area contributed by atoms with E-state index < -0.39 is 0 Å². The number of aromatic nitrogens is 4. The van der Waals surface area contributed by atoms with Crippen molar-refractivity contribution in [2.24, 2.45) is 0 Å². The Hall–Kier alpha value is -4.04. The fourth-order valence-corrected chi connectivity index (χ4v) is 3.31. The molecule has 0 unspecified atom stereocenters. The highest BCUT2D eigenvalue weighted by Gasteiger charge is 2.11. The van der Waals surface area contributed by atoms with Crippen LogP contribution in [0.3, 0.4) is 0 Å². The fraction of sp³-hybridized carbons (Fsp3) is 0.167. The maximum Gasteiger partial charge on any atom is 0.249 e. The molecule has 162 valence electrons. The monoisotopic (exact) mass is 428 g/mol. The lowest BCUT2D eigenvalue weighted by Gasteiger charge is -2.07. The average Bonchev–Trinajstić information content (AvgIpc) is 3.22. The Morgan fingerprint density at radius 3 is 2.72 bits per heavy atom. The highest BCUT2D eigenvalue weighted by molar-refractivity contribution is 5.99. The van der Waals surface area contributed by atoms with Crippen LogP contribution >= 0.6 is 0 Å². The summed E-state index contributed by atoms with van der Waals surface area (Å²) in [7, 11) is 5.48. The number of carbonyl (C=O) groups is 1. The SMILES string of the molecule is COc1cc(-c2c[nH]c3ncc(-c4ccnc(NC(=O)/C=C/CN(C)C)c4)cc23)ccn1. The van der Waals surface area contributed by atoms with E-state index in [4.69, 9.17) is 4.74 Å². The Morgan fingerprint density at radius 2 is 1.91 bits per heavy atom. The number of H-pyrrole nitrogens is 1. The quantitative estimate of drug-likeness (QED) is 0.435. The summed E-state index contributed by atoms with van der Waals surface area (Å²) in [4.78, 5) is 30.3. The molecule has 0 aromatic carbocycles. The van der Waals surface area contributed by atoms with Gasteiger partial charge in [-0.05, 0) is 49.5 Å². The van der Waals surface area contributed by atoms with E-state index in [2.05, 4.69) is 31.3 Å². The molecule has 0 atom stereocenters. The number of fused-ring (bicyclic) bond motifs is 1. The molecule has 4 aromatic heterocycles. The number of nitrogens with one attached hydrogen (secondary N) is 2. The van der Waals surface area contributed by atoms with E-state index in [9.17, 15) is 4.79 Å². The molecule has 0 aliphatic rings. The number of likely N-dealkylation sites (N-methyl/N-ethyl adjacent to an activating group) is 1. The molecule has 4 heterocycles. The van der Waals surface area contributed by atoms with Crippen LogP contribution in [0.2, 0.25) is 0 Å². The minimum absolute atomic E-state index is 0.218. The number of pyridine rings is 3. The van der Waals surface area contributed by atoms with Crippen molar-refractivity contribution in [1.29, 1.82) is 0 Å². The molecule has 0 aliphatic heterocycles. The van der Waals surface area contributed by atoms with E-state index in [1.54, 1.807) is 31.8 Å². The zero-order valence-corrected chi connectivity index (χ0v) is 18.2. The van der Waals surface area contributed by atoms with Gasteiger partial charge < -0.3 is 19.9 Å². The number of anilines is 1. The van der Waals surface area contributed by atoms with Crippen LogP contribution in [0.1, 0.15) is 0 Å². The lowest BCUT2D eigenvalue weighted by atomic mass is 10.0. The van der Waals surface area contributed by atoms with Crippen LogP contribution in [-0.4, -0.2) is 58.5 Å². The van der Waals surface area contributed by atoms with Crippen LogP contribution in [0, 0.1) is 0 Å². The van der Waals surface area contributed by atoms with E-state index >= 15 is 0 Å². The third-order valence-electron chi connectivity index (χ3n) is 4.87. The highest BCUT2D eigenvalue weighted by Crippen LogP contribution is 2.32. The van der Waals surface area contributed by atoms with Gasteiger partial charge in [0.2, 0.25) is 11.8 Å². The summed E-state index contributed by atoms with van der Waals surface area (Å²) in [5.41, 5.74) is 4.59. The molecular formula is C24H24N6O2. The van der Waals surface area contributed by atoms with Crippen molar-refractivity contribution < 1.29 is 9.53 Å². The first-order valence-corrected chi connectivity index (χ1v) is 10.1. The van der Waals surface area contributed by atoms with Crippen LogP contribution in [0.5, 0.6) is 5.88 Å². The van der Waals surface area contributed by atoms with Crippen molar-refractivity contribution >= 4 is 22.8 Å². The van der Waals surface area contributed by atoms with Gasteiger partial charge in [0.25, 0.3) is 0 Å². The van der Waals surface area contributed by atoms with E-state index in [-0.39, 0.29) is 5.91 Å². The Bertz CT molecular complexity index is 1280.